The first-order chi connectivity index (χ1) is 20.9. The van der Waals surface area contributed by atoms with Gasteiger partial charge in [0, 0.05) is 6.07 Å². The summed E-state index contributed by atoms with van der Waals surface area (Å²) >= 11 is 0. The Bertz CT molecular complexity index is 1710. The van der Waals surface area contributed by atoms with E-state index in [-0.39, 0.29) is 12.1 Å². The first kappa shape index (κ1) is 33.4. The highest BCUT2D eigenvalue weighted by atomic mass is 19.4. The van der Waals surface area contributed by atoms with Crippen LogP contribution in [0.25, 0.3) is 22.3 Å². The minimum atomic E-state index is -5.85. The van der Waals surface area contributed by atoms with Crippen LogP contribution in [0.4, 0.5) is 52.7 Å². The molecule has 0 aromatic heterocycles. The van der Waals surface area contributed by atoms with Crippen LogP contribution in [0, 0.1) is 40.7 Å². The van der Waals surface area contributed by atoms with E-state index in [0.717, 1.165) is 12.1 Å². The molecule has 4 aromatic carbocycles. The predicted molar refractivity (Wildman–Crippen MR) is 133 cm³/mol. The first-order valence-electron chi connectivity index (χ1n) is 12.6. The van der Waals surface area contributed by atoms with E-state index in [1.165, 1.54) is 0 Å². The average molecular weight is 652 g/mol. The lowest BCUT2D eigenvalue weighted by Gasteiger charge is -2.19. The maximum absolute atomic E-state index is 15.0. The number of aryl methyl sites for hydroxylation is 1. The van der Waals surface area contributed by atoms with Gasteiger partial charge in [-0.3, -0.25) is 0 Å². The van der Waals surface area contributed by atoms with E-state index in [0.29, 0.717) is 48.7 Å². The fraction of sp³-hybridized carbons (Fsp3) is 0.167. The zero-order valence-electron chi connectivity index (χ0n) is 22.4. The Kier molecular flexibility index (Phi) is 9.24. The van der Waals surface area contributed by atoms with E-state index in [2.05, 4.69) is 9.47 Å². The van der Waals surface area contributed by atoms with Crippen LogP contribution < -0.4 is 4.74 Å². The van der Waals surface area contributed by atoms with Gasteiger partial charge in [0.2, 0.25) is 0 Å². The summed E-state index contributed by atoms with van der Waals surface area (Å²) in [5.41, 5.74) is -6.25. The lowest BCUT2D eigenvalue weighted by Crippen LogP contribution is -2.28. The highest BCUT2D eigenvalue weighted by Crippen LogP contribution is 2.39. The molecule has 0 saturated carbocycles. The third-order valence-electron chi connectivity index (χ3n) is 6.21. The standard InChI is InChI=1S/C30H16F12O3/c1-2-3-13-6-19(32)25(20(33)7-13)14-8-21(34)26(22(35)9-14)15-10-23(36)27(24(37)11-15)28(43)44-16-4-5-17(18(31)12-16)29(38,39)45-30(40,41)42/h4-12H,2-3H2,1H3. The number of alkyl halides is 5. The molecule has 4 aromatic rings. The van der Waals surface area contributed by atoms with Crippen LogP contribution in [0.15, 0.2) is 54.6 Å². The van der Waals surface area contributed by atoms with Crippen LogP contribution in [0.5, 0.6) is 5.75 Å². The van der Waals surface area contributed by atoms with E-state index >= 15 is 8.78 Å². The molecule has 0 saturated heterocycles. The molecule has 0 aliphatic rings. The van der Waals surface area contributed by atoms with Crippen molar-refractivity contribution in [1.29, 1.82) is 0 Å². The monoisotopic (exact) mass is 652 g/mol. The minimum absolute atomic E-state index is 0.0143. The summed E-state index contributed by atoms with van der Waals surface area (Å²) in [6, 6.07) is 4.11. The number of halogens is 12. The Morgan fingerprint density at radius 1 is 0.644 bits per heavy atom. The molecule has 0 fully saturated rings. The molecule has 0 amide bonds. The van der Waals surface area contributed by atoms with E-state index in [1.54, 1.807) is 6.92 Å². The van der Waals surface area contributed by atoms with Crippen LogP contribution >= 0.6 is 0 Å². The molecule has 0 unspecified atom stereocenters. The third-order valence-corrected chi connectivity index (χ3v) is 6.21. The van der Waals surface area contributed by atoms with Crippen molar-refractivity contribution in [2.45, 2.75) is 32.2 Å². The van der Waals surface area contributed by atoms with Crippen molar-refractivity contribution in [2.75, 3.05) is 0 Å². The molecule has 238 valence electrons. The normalized spacial score (nSPS) is 12.0. The van der Waals surface area contributed by atoms with Crippen molar-refractivity contribution < 1.29 is 67.0 Å². The Labute approximate surface area is 245 Å². The highest BCUT2D eigenvalue weighted by molar-refractivity contribution is 5.92. The van der Waals surface area contributed by atoms with Gasteiger partial charge in [-0.25, -0.2) is 40.3 Å². The summed E-state index contributed by atoms with van der Waals surface area (Å²) in [6.45, 7) is 1.77. The summed E-state index contributed by atoms with van der Waals surface area (Å²) in [7, 11) is 0. The number of esters is 1. The average Bonchev–Trinajstić information content (AvgIpc) is 2.86. The number of carbonyl (C=O) groups excluding carboxylic acids is 1. The molecule has 4 rings (SSSR count). The van der Waals surface area contributed by atoms with Gasteiger partial charge in [-0.2, -0.15) is 8.78 Å². The van der Waals surface area contributed by atoms with Gasteiger partial charge in [-0.15, -0.1) is 13.2 Å². The van der Waals surface area contributed by atoms with Crippen LogP contribution in [0.1, 0.15) is 34.8 Å². The second-order valence-electron chi connectivity index (χ2n) is 9.41. The fourth-order valence-corrected chi connectivity index (χ4v) is 4.39. The second kappa shape index (κ2) is 12.5. The molecule has 0 aliphatic heterocycles. The van der Waals surface area contributed by atoms with E-state index < -0.39 is 98.3 Å². The molecule has 45 heavy (non-hydrogen) atoms. The largest absolute Gasteiger partial charge is 0.527 e. The number of rotatable bonds is 8. The van der Waals surface area contributed by atoms with Crippen LogP contribution in [0.3, 0.4) is 0 Å². The number of ether oxygens (including phenoxy) is 2. The van der Waals surface area contributed by atoms with E-state index in [1.807, 2.05) is 0 Å². The van der Waals surface area contributed by atoms with E-state index in [9.17, 15) is 48.7 Å². The quantitative estimate of drug-likeness (QED) is 0.108. The van der Waals surface area contributed by atoms with Crippen LogP contribution in [0.2, 0.25) is 0 Å². The zero-order chi connectivity index (χ0) is 33.4. The smallest absolute Gasteiger partial charge is 0.423 e. The Morgan fingerprint density at radius 2 is 1.11 bits per heavy atom. The van der Waals surface area contributed by atoms with Gasteiger partial charge in [0.05, 0.1) is 16.7 Å². The fourth-order valence-electron chi connectivity index (χ4n) is 4.39. The Balaban J connectivity index is 1.62. The minimum Gasteiger partial charge on any atom is -0.423 e. The predicted octanol–water partition coefficient (Wildman–Crippen LogP) is 9.75. The summed E-state index contributed by atoms with van der Waals surface area (Å²) in [6.07, 6.45) is -10.1. The van der Waals surface area contributed by atoms with Gasteiger partial charge in [-0.1, -0.05) is 13.3 Å². The van der Waals surface area contributed by atoms with Crippen LogP contribution in [-0.2, 0) is 17.3 Å². The molecule has 0 bridgehead atoms. The number of benzene rings is 4. The highest BCUT2D eigenvalue weighted by Gasteiger charge is 2.47. The number of hydrogen-bond donors (Lipinski definition) is 0. The lowest BCUT2D eigenvalue weighted by atomic mass is 9.96. The van der Waals surface area contributed by atoms with Gasteiger partial charge in [0.1, 0.15) is 52.0 Å². The van der Waals surface area contributed by atoms with Gasteiger partial charge >= 0.3 is 18.4 Å². The molecule has 0 atom stereocenters. The molecular weight excluding hydrogens is 636 g/mol. The van der Waals surface area contributed by atoms with Crippen molar-refractivity contribution in [3.63, 3.8) is 0 Å². The van der Waals surface area contributed by atoms with Crippen molar-refractivity contribution in [3.05, 3.63) is 112 Å². The SMILES string of the molecule is CCCc1cc(F)c(-c2cc(F)c(-c3cc(F)c(C(=O)Oc4ccc(C(F)(F)OC(F)(F)F)c(F)c4)c(F)c3)c(F)c2)c(F)c1. The van der Waals surface area contributed by atoms with Gasteiger partial charge in [0.25, 0.3) is 0 Å². The Morgan fingerprint density at radius 3 is 1.56 bits per heavy atom. The maximum atomic E-state index is 15.0. The summed E-state index contributed by atoms with van der Waals surface area (Å²) < 4.78 is 174. The summed E-state index contributed by atoms with van der Waals surface area (Å²) in [5, 5.41) is 0. The number of hydrogen-bond acceptors (Lipinski definition) is 3. The van der Waals surface area contributed by atoms with Crippen molar-refractivity contribution >= 4 is 5.97 Å². The van der Waals surface area contributed by atoms with Crippen molar-refractivity contribution in [2.24, 2.45) is 0 Å². The van der Waals surface area contributed by atoms with Gasteiger partial charge < -0.3 is 4.74 Å². The molecule has 0 spiro atoms. The summed E-state index contributed by atoms with van der Waals surface area (Å²) in [5.74, 6) is -13.6. The van der Waals surface area contributed by atoms with Crippen LogP contribution in [-0.4, -0.2) is 12.3 Å². The zero-order valence-corrected chi connectivity index (χ0v) is 22.4. The molecule has 0 heterocycles. The molecular formula is C30H16F12O3. The maximum Gasteiger partial charge on any atom is 0.527 e. The third kappa shape index (κ3) is 7.24. The molecule has 0 aliphatic carbocycles. The van der Waals surface area contributed by atoms with Gasteiger partial charge in [0.15, 0.2) is 0 Å². The topological polar surface area (TPSA) is 35.5 Å². The van der Waals surface area contributed by atoms with E-state index in [4.69, 9.17) is 0 Å². The molecule has 0 N–H and O–H groups in total. The summed E-state index contributed by atoms with van der Waals surface area (Å²) in [4.78, 5) is 12.4. The lowest BCUT2D eigenvalue weighted by molar-refractivity contribution is -0.432. The molecule has 3 nitrogen and oxygen atoms in total. The van der Waals surface area contributed by atoms with Crippen molar-refractivity contribution in [1.82, 2.24) is 0 Å². The molecule has 0 radical (unpaired) electrons. The Hall–Kier alpha value is -4.53. The van der Waals surface area contributed by atoms with Crippen molar-refractivity contribution in [3.8, 4) is 28.0 Å². The molecule has 15 heteroatoms. The second-order valence-corrected chi connectivity index (χ2v) is 9.41. The number of carbonyl (C=O) groups is 1. The van der Waals surface area contributed by atoms with Gasteiger partial charge in [-0.05, 0) is 71.6 Å². The first-order valence-corrected chi connectivity index (χ1v) is 12.6.